The van der Waals surface area contributed by atoms with Crippen LogP contribution < -0.4 is 0 Å². The van der Waals surface area contributed by atoms with E-state index >= 15 is 0 Å². The Labute approximate surface area is 163 Å². The van der Waals surface area contributed by atoms with Crippen LogP contribution in [0.1, 0.15) is 31.0 Å². The lowest BCUT2D eigenvalue weighted by Crippen LogP contribution is -2.37. The maximum absolute atomic E-state index is 12.8. The zero-order valence-corrected chi connectivity index (χ0v) is 16.2. The molecule has 0 aliphatic carbocycles. The summed E-state index contributed by atoms with van der Waals surface area (Å²) in [6.45, 7) is 5.65. The van der Waals surface area contributed by atoms with Gasteiger partial charge in [0.05, 0.1) is 18.7 Å². The minimum atomic E-state index is -1.20. The molecule has 0 saturated carbocycles. The minimum absolute atomic E-state index is 0.160. The number of carbonyl (C=O) groups is 2. The van der Waals surface area contributed by atoms with Crippen LogP contribution in [0.3, 0.4) is 0 Å². The lowest BCUT2D eigenvalue weighted by atomic mass is 9.90. The average molecular weight is 381 g/mol. The van der Waals surface area contributed by atoms with E-state index in [-0.39, 0.29) is 13.2 Å². The maximum atomic E-state index is 12.8. The largest absolute Gasteiger partial charge is 0.465 e. The first-order valence-electron chi connectivity index (χ1n) is 9.27. The third kappa shape index (κ3) is 3.74. The van der Waals surface area contributed by atoms with Gasteiger partial charge in [0.1, 0.15) is 11.6 Å². The Morgan fingerprint density at radius 1 is 0.964 bits per heavy atom. The molecule has 1 heterocycles. The Morgan fingerprint density at radius 3 is 2.21 bits per heavy atom. The highest BCUT2D eigenvalue weighted by atomic mass is 16.6. The van der Waals surface area contributed by atoms with Gasteiger partial charge in [0, 0.05) is 0 Å². The third-order valence-corrected chi connectivity index (χ3v) is 4.54. The molecule has 0 bridgehead atoms. The van der Waals surface area contributed by atoms with Crippen molar-refractivity contribution in [2.24, 2.45) is 5.92 Å². The van der Waals surface area contributed by atoms with Crippen molar-refractivity contribution >= 4 is 23.0 Å². The van der Waals surface area contributed by atoms with Gasteiger partial charge in [-0.1, -0.05) is 41.6 Å². The molecule has 2 aromatic carbocycles. The van der Waals surface area contributed by atoms with Gasteiger partial charge in [-0.15, -0.1) is 5.10 Å². The number of nitrogens with zero attached hydrogens (tertiary/aromatic N) is 3. The number of benzene rings is 2. The van der Waals surface area contributed by atoms with E-state index in [2.05, 4.69) is 10.3 Å². The first-order chi connectivity index (χ1) is 13.6. The lowest BCUT2D eigenvalue weighted by molar-refractivity contribution is -0.163. The lowest BCUT2D eigenvalue weighted by Gasteiger charge is -2.26. The summed E-state index contributed by atoms with van der Waals surface area (Å²) in [5, 5.41) is 8.47. The predicted octanol–water partition coefficient (Wildman–Crippen LogP) is 3.07. The quantitative estimate of drug-likeness (QED) is 0.462. The Balaban J connectivity index is 2.23. The van der Waals surface area contributed by atoms with Gasteiger partial charge < -0.3 is 9.47 Å². The van der Waals surface area contributed by atoms with Crippen LogP contribution in [0.15, 0.2) is 48.5 Å². The molecular weight excluding hydrogens is 358 g/mol. The second kappa shape index (κ2) is 8.65. The fourth-order valence-electron chi connectivity index (χ4n) is 3.28. The number of ether oxygens (including phenoxy) is 2. The zero-order chi connectivity index (χ0) is 20.1. The summed E-state index contributed by atoms with van der Waals surface area (Å²) in [5.74, 6) is -2.49. The first kappa shape index (κ1) is 19.5. The molecule has 1 aromatic heterocycles. The van der Waals surface area contributed by atoms with Crippen molar-refractivity contribution < 1.29 is 19.1 Å². The van der Waals surface area contributed by atoms with Crippen LogP contribution in [0.4, 0.5) is 0 Å². The summed E-state index contributed by atoms with van der Waals surface area (Å²) in [4.78, 5) is 25.7. The Kier molecular flexibility index (Phi) is 6.03. The van der Waals surface area contributed by atoms with Crippen LogP contribution in [-0.2, 0) is 19.1 Å². The number of hydrogen-bond donors (Lipinski definition) is 0. The number of para-hydroxylation sites is 1. The summed E-state index contributed by atoms with van der Waals surface area (Å²) in [6.07, 6.45) is 0. The molecule has 146 valence electrons. The molecular formula is C21H23N3O4. The van der Waals surface area contributed by atoms with Crippen LogP contribution in [0.5, 0.6) is 0 Å². The number of hydrogen-bond acceptors (Lipinski definition) is 6. The molecule has 7 nitrogen and oxygen atoms in total. The molecule has 0 amide bonds. The molecule has 0 radical (unpaired) electrons. The Bertz CT molecular complexity index is 964. The van der Waals surface area contributed by atoms with E-state index < -0.39 is 23.9 Å². The van der Waals surface area contributed by atoms with E-state index in [1.807, 2.05) is 55.5 Å². The van der Waals surface area contributed by atoms with E-state index in [9.17, 15) is 9.59 Å². The van der Waals surface area contributed by atoms with Crippen molar-refractivity contribution in [2.45, 2.75) is 26.8 Å². The van der Waals surface area contributed by atoms with Gasteiger partial charge >= 0.3 is 11.9 Å². The van der Waals surface area contributed by atoms with Crippen molar-refractivity contribution in [1.29, 1.82) is 0 Å². The van der Waals surface area contributed by atoms with Crippen LogP contribution in [0.2, 0.25) is 0 Å². The van der Waals surface area contributed by atoms with E-state index in [4.69, 9.17) is 9.47 Å². The van der Waals surface area contributed by atoms with Gasteiger partial charge in [0.15, 0.2) is 5.92 Å². The second-order valence-electron chi connectivity index (χ2n) is 6.31. The topological polar surface area (TPSA) is 83.3 Å². The van der Waals surface area contributed by atoms with Gasteiger partial charge in [-0.25, -0.2) is 4.68 Å². The molecule has 7 heteroatoms. The monoisotopic (exact) mass is 381 g/mol. The van der Waals surface area contributed by atoms with Crippen molar-refractivity contribution in [3.05, 3.63) is 59.7 Å². The highest BCUT2D eigenvalue weighted by Crippen LogP contribution is 2.33. The van der Waals surface area contributed by atoms with Crippen molar-refractivity contribution in [3.8, 4) is 0 Å². The van der Waals surface area contributed by atoms with Crippen molar-refractivity contribution in [2.75, 3.05) is 13.2 Å². The fourth-order valence-corrected chi connectivity index (χ4v) is 3.28. The van der Waals surface area contributed by atoms with Gasteiger partial charge in [-0.3, -0.25) is 9.59 Å². The molecule has 0 aliphatic heterocycles. The second-order valence-corrected chi connectivity index (χ2v) is 6.31. The van der Waals surface area contributed by atoms with E-state index in [1.54, 1.807) is 18.5 Å². The number of fused-ring (bicyclic) bond motifs is 1. The van der Waals surface area contributed by atoms with Gasteiger partial charge in [-0.05, 0) is 44.0 Å². The van der Waals surface area contributed by atoms with Crippen LogP contribution in [-0.4, -0.2) is 40.1 Å². The molecule has 0 N–H and O–H groups in total. The Morgan fingerprint density at radius 2 is 1.57 bits per heavy atom. The van der Waals surface area contributed by atoms with E-state index in [0.717, 1.165) is 11.1 Å². The molecule has 0 saturated heterocycles. The van der Waals surface area contributed by atoms with Crippen LogP contribution in [0.25, 0.3) is 11.0 Å². The highest BCUT2D eigenvalue weighted by Gasteiger charge is 2.41. The van der Waals surface area contributed by atoms with Crippen LogP contribution >= 0.6 is 0 Å². The SMILES string of the molecule is CCOC(=O)C(C(=O)OCC)C(c1ccccc1C)n1nnc2ccccc21. The molecule has 0 fully saturated rings. The predicted molar refractivity (Wildman–Crippen MR) is 104 cm³/mol. The number of esters is 2. The summed E-state index contributed by atoms with van der Waals surface area (Å²) >= 11 is 0. The summed E-state index contributed by atoms with van der Waals surface area (Å²) in [7, 11) is 0. The molecule has 1 unspecified atom stereocenters. The van der Waals surface area contributed by atoms with E-state index in [0.29, 0.717) is 11.0 Å². The number of aromatic nitrogens is 3. The smallest absolute Gasteiger partial charge is 0.322 e. The summed E-state index contributed by atoms with van der Waals surface area (Å²) < 4.78 is 12.1. The van der Waals surface area contributed by atoms with Gasteiger partial charge in [-0.2, -0.15) is 0 Å². The third-order valence-electron chi connectivity index (χ3n) is 4.54. The minimum Gasteiger partial charge on any atom is -0.465 e. The molecule has 3 aromatic rings. The fraction of sp³-hybridized carbons (Fsp3) is 0.333. The maximum Gasteiger partial charge on any atom is 0.322 e. The van der Waals surface area contributed by atoms with Gasteiger partial charge in [0.25, 0.3) is 0 Å². The number of rotatable bonds is 7. The highest BCUT2D eigenvalue weighted by molar-refractivity contribution is 5.96. The van der Waals surface area contributed by atoms with E-state index in [1.165, 1.54) is 0 Å². The molecule has 1 atom stereocenters. The van der Waals surface area contributed by atoms with Crippen molar-refractivity contribution in [3.63, 3.8) is 0 Å². The molecule has 0 aliphatic rings. The molecule has 3 rings (SSSR count). The normalized spacial score (nSPS) is 12.1. The zero-order valence-electron chi connectivity index (χ0n) is 16.2. The van der Waals surface area contributed by atoms with Crippen LogP contribution in [0, 0.1) is 12.8 Å². The molecule has 0 spiro atoms. The van der Waals surface area contributed by atoms with Gasteiger partial charge in [0.2, 0.25) is 0 Å². The van der Waals surface area contributed by atoms with Crippen molar-refractivity contribution in [1.82, 2.24) is 15.0 Å². The summed E-state index contributed by atoms with van der Waals surface area (Å²) in [6, 6.07) is 14.2. The number of aryl methyl sites for hydroxylation is 1. The molecule has 28 heavy (non-hydrogen) atoms. The summed E-state index contributed by atoms with van der Waals surface area (Å²) in [5.41, 5.74) is 3.09. The number of carbonyl (C=O) groups excluding carboxylic acids is 2. The first-order valence-corrected chi connectivity index (χ1v) is 9.27. The standard InChI is InChI=1S/C21H23N3O4/c1-4-27-20(25)18(21(26)28-5-2)19(15-11-7-6-10-14(15)3)24-17-13-9-8-12-16(17)22-23-24/h6-13,18-19H,4-5H2,1-3H3. The Hall–Kier alpha value is -3.22. The average Bonchev–Trinajstić information content (AvgIpc) is 3.11.